The van der Waals surface area contributed by atoms with E-state index in [2.05, 4.69) is 0 Å². The Morgan fingerprint density at radius 3 is 2.67 bits per heavy atom. The summed E-state index contributed by atoms with van der Waals surface area (Å²) in [6, 6.07) is 1.62. The summed E-state index contributed by atoms with van der Waals surface area (Å²) in [6.07, 6.45) is 0. The minimum Gasteiger partial charge on any atom is -0.480 e. The predicted octanol–water partition coefficient (Wildman–Crippen LogP) is 1.95. The van der Waals surface area contributed by atoms with Crippen LogP contribution in [-0.4, -0.2) is 35.0 Å². The second-order valence-corrected chi connectivity index (χ2v) is 4.13. The lowest BCUT2D eigenvalue weighted by Crippen LogP contribution is -2.35. The Bertz CT molecular complexity index is 377. The van der Waals surface area contributed by atoms with Gasteiger partial charge in [0.05, 0.1) is 5.02 Å². The maximum Gasteiger partial charge on any atom is 0.323 e. The molecule has 15 heavy (non-hydrogen) atoms. The van der Waals surface area contributed by atoms with E-state index < -0.39 is 5.97 Å². The highest BCUT2D eigenvalue weighted by atomic mass is 35.5. The zero-order valence-electron chi connectivity index (χ0n) is 8.07. The van der Waals surface area contributed by atoms with E-state index in [-0.39, 0.29) is 12.5 Å². The number of likely N-dealkylation sites (N-methyl/N-ethyl adjacent to an activating group) is 1. The van der Waals surface area contributed by atoms with Crippen molar-refractivity contribution in [3.8, 4) is 0 Å². The van der Waals surface area contributed by atoms with Crippen molar-refractivity contribution in [2.45, 2.75) is 6.92 Å². The molecular weight excluding hydrogens is 238 g/mol. The maximum atomic E-state index is 11.8. The molecule has 6 heteroatoms. The molecule has 1 rings (SSSR count). The molecule has 0 aliphatic carbocycles. The van der Waals surface area contributed by atoms with Gasteiger partial charge in [0.2, 0.25) is 0 Å². The molecule has 1 amide bonds. The third kappa shape index (κ3) is 2.94. The largest absolute Gasteiger partial charge is 0.480 e. The van der Waals surface area contributed by atoms with Crippen molar-refractivity contribution >= 4 is 34.8 Å². The molecule has 1 heterocycles. The first kappa shape index (κ1) is 12.0. The van der Waals surface area contributed by atoms with Gasteiger partial charge in [-0.3, -0.25) is 9.59 Å². The molecule has 0 saturated carbocycles. The molecule has 0 radical (unpaired) electrons. The van der Waals surface area contributed by atoms with Gasteiger partial charge in [-0.15, -0.1) is 11.3 Å². The number of aliphatic carboxylic acids is 1. The molecule has 0 aromatic carbocycles. The van der Waals surface area contributed by atoms with Gasteiger partial charge in [0.15, 0.2) is 0 Å². The molecule has 0 atom stereocenters. The highest BCUT2D eigenvalue weighted by molar-refractivity contribution is 7.12. The van der Waals surface area contributed by atoms with Crippen LogP contribution in [0.2, 0.25) is 5.02 Å². The standard InChI is InChI=1S/C9H10ClNO3S/c1-2-11(5-7(12)13)9(14)8-6(10)3-4-15-8/h3-4H,2,5H2,1H3,(H,12,13). The van der Waals surface area contributed by atoms with Gasteiger partial charge in [-0.05, 0) is 18.4 Å². The van der Waals surface area contributed by atoms with Crippen molar-refractivity contribution < 1.29 is 14.7 Å². The van der Waals surface area contributed by atoms with Crippen LogP contribution in [0.4, 0.5) is 0 Å². The fraction of sp³-hybridized carbons (Fsp3) is 0.333. The third-order valence-electron chi connectivity index (χ3n) is 1.81. The Kier molecular flexibility index (Phi) is 4.11. The first-order valence-corrected chi connectivity index (χ1v) is 5.56. The summed E-state index contributed by atoms with van der Waals surface area (Å²) in [5.74, 6) is -1.36. The number of carboxylic acids is 1. The minimum absolute atomic E-state index is 0.302. The molecule has 0 unspecified atom stereocenters. The predicted molar refractivity (Wildman–Crippen MR) is 58.5 cm³/mol. The number of rotatable bonds is 4. The quantitative estimate of drug-likeness (QED) is 0.885. The Labute approximate surface area is 96.1 Å². The molecule has 0 aliphatic rings. The van der Waals surface area contributed by atoms with Crippen molar-refractivity contribution in [2.75, 3.05) is 13.1 Å². The van der Waals surface area contributed by atoms with Gasteiger partial charge < -0.3 is 10.0 Å². The van der Waals surface area contributed by atoms with E-state index in [0.29, 0.717) is 16.4 Å². The Morgan fingerprint density at radius 2 is 2.27 bits per heavy atom. The van der Waals surface area contributed by atoms with Crippen molar-refractivity contribution in [2.24, 2.45) is 0 Å². The minimum atomic E-state index is -1.03. The SMILES string of the molecule is CCN(CC(=O)O)C(=O)c1sccc1Cl. The topological polar surface area (TPSA) is 57.6 Å². The summed E-state index contributed by atoms with van der Waals surface area (Å²) in [5, 5.41) is 10.7. The summed E-state index contributed by atoms with van der Waals surface area (Å²) >= 11 is 7.00. The molecule has 1 N–H and O–H groups in total. The summed E-state index contributed by atoms with van der Waals surface area (Å²) in [7, 11) is 0. The first-order chi connectivity index (χ1) is 7.06. The number of hydrogen-bond acceptors (Lipinski definition) is 3. The maximum absolute atomic E-state index is 11.8. The van der Waals surface area contributed by atoms with Crippen molar-refractivity contribution in [3.05, 3.63) is 21.3 Å². The molecule has 82 valence electrons. The van der Waals surface area contributed by atoms with Crippen LogP contribution in [0.5, 0.6) is 0 Å². The number of carbonyl (C=O) groups is 2. The van der Waals surface area contributed by atoms with E-state index in [1.165, 1.54) is 16.2 Å². The average molecular weight is 248 g/mol. The second-order valence-electron chi connectivity index (χ2n) is 2.81. The second kappa shape index (κ2) is 5.14. The van der Waals surface area contributed by atoms with Crippen LogP contribution in [0.15, 0.2) is 11.4 Å². The summed E-state index contributed by atoms with van der Waals surface area (Å²) < 4.78 is 0. The first-order valence-electron chi connectivity index (χ1n) is 4.30. The van der Waals surface area contributed by atoms with Crippen LogP contribution in [0.25, 0.3) is 0 Å². The molecule has 1 aromatic rings. The Morgan fingerprint density at radius 1 is 1.60 bits per heavy atom. The highest BCUT2D eigenvalue weighted by Gasteiger charge is 2.20. The number of amides is 1. The number of carbonyl (C=O) groups excluding carboxylic acids is 1. The van der Waals surface area contributed by atoms with Gasteiger partial charge in [-0.2, -0.15) is 0 Å². The number of nitrogens with zero attached hydrogens (tertiary/aromatic N) is 1. The molecular formula is C9H10ClNO3S. The van der Waals surface area contributed by atoms with Gasteiger partial charge in [-0.25, -0.2) is 0 Å². The van der Waals surface area contributed by atoms with E-state index in [0.717, 1.165) is 0 Å². The fourth-order valence-corrected chi connectivity index (χ4v) is 2.18. The zero-order chi connectivity index (χ0) is 11.4. The average Bonchev–Trinajstić information content (AvgIpc) is 2.59. The monoisotopic (exact) mass is 247 g/mol. The molecule has 0 bridgehead atoms. The number of halogens is 1. The van der Waals surface area contributed by atoms with Crippen LogP contribution >= 0.6 is 22.9 Å². The van der Waals surface area contributed by atoms with E-state index in [4.69, 9.17) is 16.7 Å². The summed E-state index contributed by atoms with van der Waals surface area (Å²) in [6.45, 7) is 1.77. The summed E-state index contributed by atoms with van der Waals surface area (Å²) in [4.78, 5) is 23.9. The van der Waals surface area contributed by atoms with Gasteiger partial charge in [0.1, 0.15) is 11.4 Å². The molecule has 0 spiro atoms. The molecule has 4 nitrogen and oxygen atoms in total. The van der Waals surface area contributed by atoms with Gasteiger partial charge in [0.25, 0.3) is 5.91 Å². The van der Waals surface area contributed by atoms with E-state index in [1.54, 1.807) is 18.4 Å². The van der Waals surface area contributed by atoms with Crippen molar-refractivity contribution in [1.29, 1.82) is 0 Å². The van der Waals surface area contributed by atoms with Gasteiger partial charge >= 0.3 is 5.97 Å². The molecule has 0 fully saturated rings. The lowest BCUT2D eigenvalue weighted by Gasteiger charge is -2.17. The van der Waals surface area contributed by atoms with Gasteiger partial charge in [-0.1, -0.05) is 11.6 Å². The lowest BCUT2D eigenvalue weighted by molar-refractivity contribution is -0.137. The van der Waals surface area contributed by atoms with Crippen LogP contribution < -0.4 is 0 Å². The van der Waals surface area contributed by atoms with Crippen molar-refractivity contribution in [1.82, 2.24) is 4.90 Å². The highest BCUT2D eigenvalue weighted by Crippen LogP contribution is 2.23. The van der Waals surface area contributed by atoms with Crippen LogP contribution in [0.3, 0.4) is 0 Å². The van der Waals surface area contributed by atoms with Gasteiger partial charge in [0, 0.05) is 6.54 Å². The number of hydrogen-bond donors (Lipinski definition) is 1. The fourth-order valence-electron chi connectivity index (χ4n) is 1.08. The summed E-state index contributed by atoms with van der Waals surface area (Å²) in [5.41, 5.74) is 0. The lowest BCUT2D eigenvalue weighted by atomic mass is 10.4. The Hall–Kier alpha value is -1.07. The van der Waals surface area contributed by atoms with Crippen molar-refractivity contribution in [3.63, 3.8) is 0 Å². The van der Waals surface area contributed by atoms with E-state index in [9.17, 15) is 9.59 Å². The smallest absolute Gasteiger partial charge is 0.323 e. The normalized spacial score (nSPS) is 10.0. The number of thiophene rings is 1. The zero-order valence-corrected chi connectivity index (χ0v) is 9.64. The number of carboxylic acid groups (broad SMARTS) is 1. The third-order valence-corrected chi connectivity index (χ3v) is 3.14. The van der Waals surface area contributed by atoms with E-state index in [1.807, 2.05) is 0 Å². The Balaban J connectivity index is 2.82. The molecule has 0 aliphatic heterocycles. The molecule has 1 aromatic heterocycles. The van der Waals surface area contributed by atoms with Crippen LogP contribution in [0.1, 0.15) is 16.6 Å². The molecule has 0 saturated heterocycles. The van der Waals surface area contributed by atoms with E-state index >= 15 is 0 Å². The van der Waals surface area contributed by atoms with Crippen LogP contribution in [-0.2, 0) is 4.79 Å². The van der Waals surface area contributed by atoms with Crippen LogP contribution in [0, 0.1) is 0 Å².